The van der Waals surface area contributed by atoms with E-state index in [-0.39, 0.29) is 4.68 Å². The topological polar surface area (TPSA) is 71.8 Å². The van der Waals surface area contributed by atoms with Crippen molar-refractivity contribution < 1.29 is 44.7 Å². The van der Waals surface area contributed by atoms with Crippen molar-refractivity contribution in [3.63, 3.8) is 0 Å². The molecule has 1 aromatic rings. The van der Waals surface area contributed by atoms with E-state index >= 15 is 0 Å². The molecule has 31 heavy (non-hydrogen) atoms. The number of hydrogen-bond donors (Lipinski definition) is 1. The van der Waals surface area contributed by atoms with E-state index in [1.807, 2.05) is 0 Å². The highest BCUT2D eigenvalue weighted by atomic mass is 19.4. The summed E-state index contributed by atoms with van der Waals surface area (Å²) in [5, 5.41) is 4.98. The van der Waals surface area contributed by atoms with Gasteiger partial charge in [-0.1, -0.05) is 0 Å². The lowest BCUT2D eigenvalue weighted by Gasteiger charge is -2.30. The first-order valence-electron chi connectivity index (χ1n) is 8.53. The molecule has 1 rings (SSSR count). The van der Waals surface area contributed by atoms with Crippen LogP contribution in [0.4, 0.5) is 45.7 Å². The molecule has 0 fully saturated rings. The molecule has 1 N–H and O–H groups in total. The third-order valence-electron chi connectivity index (χ3n) is 3.58. The Hall–Kier alpha value is -2.61. The quantitative estimate of drug-likeness (QED) is 0.301. The summed E-state index contributed by atoms with van der Waals surface area (Å²) in [5.41, 5.74) is -5.82. The summed E-state index contributed by atoms with van der Waals surface area (Å²) >= 11 is 0. The van der Waals surface area contributed by atoms with E-state index < -0.39 is 53.2 Å². The van der Waals surface area contributed by atoms with Crippen LogP contribution in [0.1, 0.15) is 39.0 Å². The van der Waals surface area contributed by atoms with Crippen LogP contribution in [0.2, 0.25) is 0 Å². The van der Waals surface area contributed by atoms with E-state index in [4.69, 9.17) is 4.74 Å². The van der Waals surface area contributed by atoms with E-state index in [9.17, 15) is 39.9 Å². The Bertz CT molecular complexity index is 824. The fourth-order valence-electron chi connectivity index (χ4n) is 2.44. The third-order valence-corrected chi connectivity index (χ3v) is 3.58. The molecular formula is C16H21F8N5O2. The molecule has 0 aliphatic rings. The largest absolute Gasteiger partial charge is 0.459 e. The van der Waals surface area contributed by atoms with Gasteiger partial charge in [0.1, 0.15) is 23.1 Å². The Morgan fingerprint density at radius 3 is 2.06 bits per heavy atom. The number of aromatic nitrogens is 2. The second kappa shape index (κ2) is 8.49. The van der Waals surface area contributed by atoms with Crippen LogP contribution in [0.25, 0.3) is 0 Å². The highest BCUT2D eigenvalue weighted by molar-refractivity contribution is 5.81. The number of halogens is 8. The molecule has 1 heterocycles. The maximum Gasteiger partial charge on any atom is 0.459 e. The van der Waals surface area contributed by atoms with E-state index in [1.54, 1.807) is 0 Å². The van der Waals surface area contributed by atoms with E-state index in [0.29, 0.717) is 11.2 Å². The first kappa shape index (κ1) is 26.4. The van der Waals surface area contributed by atoms with Crippen LogP contribution in [0, 0.1) is 0 Å². The molecule has 1 amide bonds. The number of anilines is 1. The number of nitrogens with one attached hydrogen (secondary N) is 1. The second-order valence-electron chi connectivity index (χ2n) is 7.34. The van der Waals surface area contributed by atoms with E-state index in [2.05, 4.69) is 15.4 Å². The van der Waals surface area contributed by atoms with Crippen molar-refractivity contribution in [3.8, 4) is 0 Å². The second-order valence-corrected chi connectivity index (χ2v) is 7.34. The standard InChI is InChI=1S/C16H21F8N5O2/c1-8(26-12(30)31-13(2,3)4)29(7-25-5)11-9(15(19,20)21)10(27-28(11)6)14(17,18)16(22,23)24/h7-8H,1-6H3,(H,26,30). The van der Waals surface area contributed by atoms with Gasteiger partial charge in [0, 0.05) is 14.1 Å². The van der Waals surface area contributed by atoms with Crippen LogP contribution in [0.5, 0.6) is 0 Å². The summed E-state index contributed by atoms with van der Waals surface area (Å²) in [7, 11) is 1.86. The zero-order chi connectivity index (χ0) is 24.6. The number of carbonyl (C=O) groups is 1. The summed E-state index contributed by atoms with van der Waals surface area (Å²) in [4.78, 5) is 16.0. The van der Waals surface area contributed by atoms with Crippen LogP contribution < -0.4 is 10.2 Å². The molecule has 7 nitrogen and oxygen atoms in total. The highest BCUT2D eigenvalue weighted by Gasteiger charge is 2.64. The van der Waals surface area contributed by atoms with Gasteiger partial charge in [-0.3, -0.25) is 14.6 Å². The number of ether oxygens (including phenoxy) is 1. The van der Waals surface area contributed by atoms with Gasteiger partial charge in [0.2, 0.25) is 0 Å². The maximum absolute atomic E-state index is 13.9. The van der Waals surface area contributed by atoms with Crippen molar-refractivity contribution in [3.05, 3.63) is 11.3 Å². The van der Waals surface area contributed by atoms with Crippen LogP contribution >= 0.6 is 0 Å². The maximum atomic E-state index is 13.9. The molecule has 0 aliphatic heterocycles. The van der Waals surface area contributed by atoms with Gasteiger partial charge in [-0.2, -0.15) is 40.2 Å². The molecule has 1 aromatic heterocycles. The van der Waals surface area contributed by atoms with Crippen molar-refractivity contribution >= 4 is 18.2 Å². The van der Waals surface area contributed by atoms with Gasteiger partial charge in [0.15, 0.2) is 5.69 Å². The first-order chi connectivity index (χ1) is 13.7. The molecule has 0 bridgehead atoms. The SMILES string of the molecule is CN=CN(c1c(C(F)(F)F)c(C(F)(F)C(F)(F)F)nn1C)C(C)NC(=O)OC(C)(C)C. The summed E-state index contributed by atoms with van der Waals surface area (Å²) < 4.78 is 112. The van der Waals surface area contributed by atoms with Crippen LogP contribution in [-0.4, -0.2) is 47.2 Å². The Balaban J connectivity index is 3.64. The molecule has 15 heteroatoms. The third kappa shape index (κ3) is 5.97. The minimum atomic E-state index is -6.33. The van der Waals surface area contributed by atoms with Gasteiger partial charge in [0.05, 0.1) is 6.34 Å². The van der Waals surface area contributed by atoms with Gasteiger partial charge in [-0.25, -0.2) is 4.79 Å². The minimum Gasteiger partial charge on any atom is -0.444 e. The van der Waals surface area contributed by atoms with Crippen LogP contribution in [0.15, 0.2) is 4.99 Å². The Kier molecular flexibility index (Phi) is 7.24. The van der Waals surface area contributed by atoms with Gasteiger partial charge in [-0.05, 0) is 27.7 Å². The number of hydrogen-bond acceptors (Lipinski definition) is 4. The Morgan fingerprint density at radius 1 is 1.16 bits per heavy atom. The normalized spacial score (nSPS) is 14.6. The summed E-state index contributed by atoms with van der Waals surface area (Å²) in [5.74, 6) is -7.09. The lowest BCUT2D eigenvalue weighted by molar-refractivity contribution is -0.292. The molecule has 0 aliphatic carbocycles. The van der Waals surface area contributed by atoms with Crippen molar-refractivity contribution in [2.24, 2.45) is 12.0 Å². The van der Waals surface area contributed by atoms with Crippen LogP contribution in [-0.2, 0) is 23.9 Å². The lowest BCUT2D eigenvalue weighted by atomic mass is 10.1. The number of rotatable bonds is 5. The monoisotopic (exact) mass is 467 g/mol. The molecule has 178 valence electrons. The Morgan fingerprint density at radius 2 is 1.68 bits per heavy atom. The summed E-state index contributed by atoms with van der Waals surface area (Å²) in [6.07, 6.45) is -13.8. The number of carbonyl (C=O) groups excluding carboxylic acids is 1. The van der Waals surface area contributed by atoms with Crippen molar-refractivity contribution in [2.75, 3.05) is 11.9 Å². The molecule has 0 aromatic carbocycles. The van der Waals surface area contributed by atoms with E-state index in [1.165, 1.54) is 20.8 Å². The molecule has 0 saturated carbocycles. The fourth-order valence-corrected chi connectivity index (χ4v) is 2.44. The first-order valence-corrected chi connectivity index (χ1v) is 8.53. The van der Waals surface area contributed by atoms with Crippen LogP contribution in [0.3, 0.4) is 0 Å². The number of nitrogens with zero attached hydrogens (tertiary/aromatic N) is 4. The van der Waals surface area contributed by atoms with E-state index in [0.717, 1.165) is 21.0 Å². The average Bonchev–Trinajstić information content (AvgIpc) is 2.87. The molecule has 1 atom stereocenters. The highest BCUT2D eigenvalue weighted by Crippen LogP contribution is 2.50. The molecule has 0 saturated heterocycles. The van der Waals surface area contributed by atoms with Gasteiger partial charge in [0.25, 0.3) is 0 Å². The molecule has 0 spiro atoms. The number of aryl methyl sites for hydroxylation is 1. The minimum absolute atomic E-state index is 0.201. The van der Waals surface area contributed by atoms with Crippen molar-refractivity contribution in [1.82, 2.24) is 15.1 Å². The number of aliphatic imine (C=N–C) groups is 1. The predicted octanol–water partition coefficient (Wildman–Crippen LogP) is 4.43. The number of amides is 1. The van der Waals surface area contributed by atoms with Crippen molar-refractivity contribution in [2.45, 2.75) is 57.7 Å². The number of alkyl halides is 8. The van der Waals surface area contributed by atoms with Crippen molar-refractivity contribution in [1.29, 1.82) is 0 Å². The smallest absolute Gasteiger partial charge is 0.444 e. The molecule has 1 unspecified atom stereocenters. The lowest BCUT2D eigenvalue weighted by Crippen LogP contribution is -2.48. The van der Waals surface area contributed by atoms with Gasteiger partial charge in [-0.15, -0.1) is 0 Å². The predicted molar refractivity (Wildman–Crippen MR) is 93.9 cm³/mol. The van der Waals surface area contributed by atoms with Gasteiger partial charge >= 0.3 is 24.4 Å². The Labute approximate surface area is 172 Å². The number of alkyl carbamates (subject to hydrolysis) is 1. The summed E-state index contributed by atoms with van der Waals surface area (Å²) in [6.45, 7) is 5.67. The zero-order valence-electron chi connectivity index (χ0n) is 17.3. The molecule has 0 radical (unpaired) electrons. The zero-order valence-corrected chi connectivity index (χ0v) is 17.3. The average molecular weight is 467 g/mol. The van der Waals surface area contributed by atoms with Gasteiger partial charge < -0.3 is 10.1 Å². The molecular weight excluding hydrogens is 446 g/mol. The summed E-state index contributed by atoms with van der Waals surface area (Å²) in [6, 6.07) is 0. The fraction of sp³-hybridized carbons (Fsp3) is 0.688.